The number of aliphatic hydroxyl groups is 2. The van der Waals surface area contributed by atoms with Crippen LogP contribution in [0.1, 0.15) is 88.2 Å². The first-order valence-electron chi connectivity index (χ1n) is 11.7. The minimum Gasteiger partial charge on any atom is -0.394 e. The third-order valence-corrected chi connectivity index (χ3v) is 7.80. The molecule has 2 fully saturated rings. The van der Waals surface area contributed by atoms with Crippen LogP contribution in [-0.2, 0) is 12.8 Å². The number of benzene rings is 1. The molecule has 158 valence electrons. The summed E-state index contributed by atoms with van der Waals surface area (Å²) in [6.07, 6.45) is 18.5. The first-order chi connectivity index (χ1) is 13.6. The molecule has 28 heavy (non-hydrogen) atoms. The largest absolute Gasteiger partial charge is 0.394 e. The van der Waals surface area contributed by atoms with Crippen LogP contribution in [0.4, 0.5) is 0 Å². The Bertz CT molecular complexity index is 571. The van der Waals surface area contributed by atoms with Gasteiger partial charge in [0.1, 0.15) is 0 Å². The highest BCUT2D eigenvalue weighted by atomic mass is 16.3. The monoisotopic (exact) mass is 387 g/mol. The van der Waals surface area contributed by atoms with E-state index in [0.29, 0.717) is 6.42 Å². The van der Waals surface area contributed by atoms with E-state index in [1.807, 2.05) is 0 Å². The van der Waals surface area contributed by atoms with Crippen molar-refractivity contribution < 1.29 is 10.2 Å². The van der Waals surface area contributed by atoms with Crippen LogP contribution >= 0.6 is 0 Å². The van der Waals surface area contributed by atoms with Crippen LogP contribution in [0.5, 0.6) is 0 Å². The summed E-state index contributed by atoms with van der Waals surface area (Å²) < 4.78 is 0. The molecule has 0 atom stereocenters. The summed E-state index contributed by atoms with van der Waals surface area (Å²) >= 11 is 0. The molecule has 2 saturated carbocycles. The van der Waals surface area contributed by atoms with Crippen molar-refractivity contribution in [2.24, 2.45) is 17.1 Å². The van der Waals surface area contributed by atoms with E-state index in [-0.39, 0.29) is 13.2 Å². The molecule has 3 nitrogen and oxygen atoms in total. The molecular weight excluding hydrogens is 346 g/mol. The Morgan fingerprint density at radius 2 is 1.36 bits per heavy atom. The van der Waals surface area contributed by atoms with Gasteiger partial charge in [-0.25, -0.2) is 0 Å². The van der Waals surface area contributed by atoms with Crippen LogP contribution in [0.15, 0.2) is 24.3 Å². The number of hydrogen-bond acceptors (Lipinski definition) is 3. The predicted molar refractivity (Wildman–Crippen MR) is 116 cm³/mol. The first kappa shape index (κ1) is 21.8. The number of aryl methyl sites for hydroxylation is 2. The van der Waals surface area contributed by atoms with Crippen LogP contribution in [0.25, 0.3) is 0 Å². The van der Waals surface area contributed by atoms with Crippen molar-refractivity contribution in [2.75, 3.05) is 13.2 Å². The van der Waals surface area contributed by atoms with Crippen LogP contribution in [-0.4, -0.2) is 29.0 Å². The SMILES string of the molecule is NC(CO)(CO)CCc1ccc(CCCCCCCCC23CCC2CC3)cc1. The molecule has 1 aromatic carbocycles. The molecule has 0 unspecified atom stereocenters. The van der Waals surface area contributed by atoms with E-state index in [1.54, 1.807) is 0 Å². The molecule has 3 heteroatoms. The van der Waals surface area contributed by atoms with Gasteiger partial charge in [0, 0.05) is 0 Å². The average molecular weight is 388 g/mol. The van der Waals surface area contributed by atoms with Gasteiger partial charge in [0.15, 0.2) is 0 Å². The topological polar surface area (TPSA) is 66.5 Å². The Labute approximate surface area is 171 Å². The van der Waals surface area contributed by atoms with E-state index in [1.165, 1.54) is 88.2 Å². The zero-order chi connectivity index (χ0) is 19.9. The van der Waals surface area contributed by atoms with Gasteiger partial charge in [-0.15, -0.1) is 0 Å². The highest BCUT2D eigenvalue weighted by Gasteiger charge is 2.52. The molecule has 3 rings (SSSR count). The number of nitrogens with two attached hydrogens (primary N) is 1. The normalized spacial score (nSPS) is 23.8. The van der Waals surface area contributed by atoms with Gasteiger partial charge >= 0.3 is 0 Å². The fourth-order valence-corrected chi connectivity index (χ4v) is 5.22. The van der Waals surface area contributed by atoms with E-state index in [4.69, 9.17) is 5.73 Å². The quantitative estimate of drug-likeness (QED) is 0.403. The van der Waals surface area contributed by atoms with Crippen molar-refractivity contribution in [3.63, 3.8) is 0 Å². The maximum absolute atomic E-state index is 9.27. The smallest absolute Gasteiger partial charge is 0.0633 e. The number of fused-ring (bicyclic) bond motifs is 1. The highest BCUT2D eigenvalue weighted by Crippen LogP contribution is 2.63. The molecule has 0 heterocycles. The summed E-state index contributed by atoms with van der Waals surface area (Å²) in [7, 11) is 0. The molecular formula is C25H41NO2. The van der Waals surface area contributed by atoms with Gasteiger partial charge in [-0.3, -0.25) is 0 Å². The van der Waals surface area contributed by atoms with Crippen LogP contribution in [0.2, 0.25) is 0 Å². The van der Waals surface area contributed by atoms with Crippen LogP contribution in [0.3, 0.4) is 0 Å². The summed E-state index contributed by atoms with van der Waals surface area (Å²) in [6, 6.07) is 8.77. The number of hydrogen-bond donors (Lipinski definition) is 3. The minimum atomic E-state index is -0.865. The second-order valence-electron chi connectivity index (χ2n) is 9.75. The van der Waals surface area contributed by atoms with Gasteiger partial charge in [0.2, 0.25) is 0 Å². The summed E-state index contributed by atoms with van der Waals surface area (Å²) in [4.78, 5) is 0. The standard InChI is InChI=1S/C25H41NO2/c26-25(19-27,20-28)18-12-22-10-8-21(9-11-22)7-5-3-1-2-4-6-15-24-16-13-23(24)14-17-24/h8-11,23,27-28H,1-7,12-20,26H2. The summed E-state index contributed by atoms with van der Waals surface area (Å²) in [6.45, 7) is -0.355. The average Bonchev–Trinajstić information content (AvgIpc) is 2.72. The molecule has 0 spiro atoms. The van der Waals surface area contributed by atoms with E-state index in [9.17, 15) is 10.2 Å². The molecule has 0 aliphatic heterocycles. The molecule has 2 aliphatic rings. The van der Waals surface area contributed by atoms with Crippen molar-refractivity contribution in [3.8, 4) is 0 Å². The molecule has 0 amide bonds. The van der Waals surface area contributed by atoms with Gasteiger partial charge in [0.05, 0.1) is 18.8 Å². The Morgan fingerprint density at radius 1 is 0.821 bits per heavy atom. The fourth-order valence-electron chi connectivity index (χ4n) is 5.22. The van der Waals surface area contributed by atoms with Gasteiger partial charge in [0.25, 0.3) is 0 Å². The number of unbranched alkanes of at least 4 members (excludes halogenated alkanes) is 5. The second-order valence-corrected chi connectivity index (χ2v) is 9.75. The lowest BCUT2D eigenvalue weighted by molar-refractivity contribution is -0.0826. The molecule has 0 radical (unpaired) electrons. The molecule has 4 N–H and O–H groups in total. The van der Waals surface area contributed by atoms with Gasteiger partial charge in [-0.1, -0.05) is 56.4 Å². The molecule has 1 aromatic rings. The van der Waals surface area contributed by atoms with Crippen molar-refractivity contribution in [1.29, 1.82) is 0 Å². The third kappa shape index (κ3) is 5.58. The zero-order valence-electron chi connectivity index (χ0n) is 17.7. The minimum absolute atomic E-state index is 0.178. The lowest BCUT2D eigenvalue weighted by atomic mass is 9.46. The van der Waals surface area contributed by atoms with Gasteiger partial charge in [-0.2, -0.15) is 0 Å². The molecule has 0 aromatic heterocycles. The Balaban J connectivity index is 1.21. The van der Waals surface area contributed by atoms with Crippen molar-refractivity contribution >= 4 is 0 Å². The summed E-state index contributed by atoms with van der Waals surface area (Å²) in [5, 5.41) is 18.5. The van der Waals surface area contributed by atoms with Crippen molar-refractivity contribution in [2.45, 2.75) is 95.4 Å². The summed E-state index contributed by atoms with van der Waals surface area (Å²) in [5.41, 5.74) is 8.55. The van der Waals surface area contributed by atoms with Crippen LogP contribution in [0, 0.1) is 11.3 Å². The Kier molecular flexibility index (Phi) is 7.96. The third-order valence-electron chi connectivity index (χ3n) is 7.80. The Morgan fingerprint density at radius 3 is 1.86 bits per heavy atom. The molecule has 0 bridgehead atoms. The van der Waals surface area contributed by atoms with Gasteiger partial charge in [-0.05, 0) is 80.2 Å². The van der Waals surface area contributed by atoms with Crippen LogP contribution < -0.4 is 5.73 Å². The van der Waals surface area contributed by atoms with Crippen molar-refractivity contribution in [3.05, 3.63) is 35.4 Å². The van der Waals surface area contributed by atoms with E-state index in [0.717, 1.165) is 17.8 Å². The van der Waals surface area contributed by atoms with E-state index < -0.39 is 5.54 Å². The van der Waals surface area contributed by atoms with Gasteiger partial charge < -0.3 is 15.9 Å². The number of aliphatic hydroxyl groups excluding tert-OH is 2. The maximum Gasteiger partial charge on any atom is 0.0633 e. The van der Waals surface area contributed by atoms with E-state index in [2.05, 4.69) is 24.3 Å². The zero-order valence-corrected chi connectivity index (χ0v) is 17.7. The van der Waals surface area contributed by atoms with E-state index >= 15 is 0 Å². The summed E-state index contributed by atoms with van der Waals surface area (Å²) in [5.74, 6) is 1.13. The molecule has 2 aliphatic carbocycles. The highest BCUT2D eigenvalue weighted by molar-refractivity contribution is 5.23. The number of rotatable bonds is 14. The lowest BCUT2D eigenvalue weighted by Gasteiger charge is -2.59. The lowest BCUT2D eigenvalue weighted by Crippen LogP contribution is -2.48. The Hall–Kier alpha value is -0.900. The fraction of sp³-hybridized carbons (Fsp3) is 0.760. The first-order valence-corrected chi connectivity index (χ1v) is 11.7. The van der Waals surface area contributed by atoms with Crippen molar-refractivity contribution in [1.82, 2.24) is 0 Å². The molecule has 0 saturated heterocycles. The predicted octanol–water partition coefficient (Wildman–Crippen LogP) is 4.76. The maximum atomic E-state index is 9.27. The second kappa shape index (κ2) is 10.2.